The Kier molecular flexibility index (Phi) is 6.28. The molecule has 0 aliphatic carbocycles. The molecule has 2 aromatic rings. The number of piperazine rings is 1. The van der Waals surface area contributed by atoms with Gasteiger partial charge in [0, 0.05) is 26.2 Å². The summed E-state index contributed by atoms with van der Waals surface area (Å²) < 4.78 is 11.4. The quantitative estimate of drug-likeness (QED) is 0.808. The number of ether oxygens (including phenoxy) is 2. The van der Waals surface area contributed by atoms with Crippen LogP contribution >= 0.6 is 0 Å². The Hall–Kier alpha value is -2.08. The first-order chi connectivity index (χ1) is 12.3. The Morgan fingerprint density at radius 1 is 1.08 bits per heavy atom. The topological polar surface area (TPSA) is 54.0 Å². The van der Waals surface area contributed by atoms with E-state index in [4.69, 9.17) is 9.47 Å². The highest BCUT2D eigenvalue weighted by Gasteiger charge is 2.22. The second-order valence-corrected chi connectivity index (χ2v) is 6.17. The van der Waals surface area contributed by atoms with Crippen molar-refractivity contribution in [2.24, 2.45) is 0 Å². The molecule has 5 heteroatoms. The van der Waals surface area contributed by atoms with Crippen molar-refractivity contribution in [1.29, 1.82) is 0 Å². The van der Waals surface area contributed by atoms with Gasteiger partial charge < -0.3 is 19.9 Å². The van der Waals surface area contributed by atoms with Crippen molar-refractivity contribution in [3.8, 4) is 11.5 Å². The average Bonchev–Trinajstić information content (AvgIpc) is 2.69. The number of hydrogen-bond donors (Lipinski definition) is 2. The van der Waals surface area contributed by atoms with Gasteiger partial charge in [0.05, 0.1) is 19.8 Å². The van der Waals surface area contributed by atoms with Crippen molar-refractivity contribution in [2.75, 3.05) is 39.9 Å². The molecule has 134 valence electrons. The molecule has 1 heterocycles. The van der Waals surface area contributed by atoms with Crippen molar-refractivity contribution in [3.05, 3.63) is 59.7 Å². The lowest BCUT2D eigenvalue weighted by molar-refractivity contribution is 0.110. The summed E-state index contributed by atoms with van der Waals surface area (Å²) in [6.07, 6.45) is 0. The second kappa shape index (κ2) is 8.85. The van der Waals surface area contributed by atoms with Crippen LogP contribution in [0, 0.1) is 0 Å². The van der Waals surface area contributed by atoms with Gasteiger partial charge in [-0.15, -0.1) is 0 Å². The van der Waals surface area contributed by atoms with Gasteiger partial charge in [-0.1, -0.05) is 36.4 Å². The van der Waals surface area contributed by atoms with Crippen LogP contribution in [0.25, 0.3) is 0 Å². The minimum absolute atomic E-state index is 0.0212. The number of aliphatic hydroxyl groups is 1. The lowest BCUT2D eigenvalue weighted by Gasteiger charge is -2.34. The molecule has 0 spiro atoms. The van der Waals surface area contributed by atoms with Gasteiger partial charge in [0.1, 0.15) is 6.61 Å². The van der Waals surface area contributed by atoms with Crippen LogP contribution < -0.4 is 14.8 Å². The minimum atomic E-state index is -0.0212. The normalized spacial score (nSPS) is 16.4. The number of rotatable bonds is 7. The maximum Gasteiger partial charge on any atom is 0.161 e. The lowest BCUT2D eigenvalue weighted by Crippen LogP contribution is -2.46. The van der Waals surface area contributed by atoms with Gasteiger partial charge in [0.25, 0.3) is 0 Å². The third-order valence-corrected chi connectivity index (χ3v) is 4.57. The van der Waals surface area contributed by atoms with E-state index in [1.165, 1.54) is 0 Å². The molecule has 1 atom stereocenters. The van der Waals surface area contributed by atoms with E-state index in [0.717, 1.165) is 37.3 Å². The van der Waals surface area contributed by atoms with Crippen molar-refractivity contribution in [2.45, 2.75) is 12.6 Å². The predicted octanol–water partition coefficient (Wildman–Crippen LogP) is 2.21. The Bertz CT molecular complexity index is 657. The maximum atomic E-state index is 9.92. The van der Waals surface area contributed by atoms with E-state index < -0.39 is 0 Å². The summed E-state index contributed by atoms with van der Waals surface area (Å²) in [5, 5.41) is 13.3. The number of methoxy groups -OCH3 is 1. The zero-order chi connectivity index (χ0) is 17.5. The molecule has 0 aromatic heterocycles. The zero-order valence-electron chi connectivity index (χ0n) is 14.6. The van der Waals surface area contributed by atoms with Crippen molar-refractivity contribution in [1.82, 2.24) is 10.2 Å². The van der Waals surface area contributed by atoms with E-state index in [1.807, 2.05) is 48.5 Å². The van der Waals surface area contributed by atoms with Gasteiger partial charge in [-0.2, -0.15) is 0 Å². The number of benzene rings is 2. The predicted molar refractivity (Wildman–Crippen MR) is 98.0 cm³/mol. The van der Waals surface area contributed by atoms with Crippen molar-refractivity contribution in [3.63, 3.8) is 0 Å². The SMILES string of the molecule is COc1ccc([C@H](CO)N2CCNCC2)cc1OCc1ccccc1. The molecule has 1 aliphatic heterocycles. The second-order valence-electron chi connectivity index (χ2n) is 6.17. The Balaban J connectivity index is 1.78. The van der Waals surface area contributed by atoms with Crippen LogP contribution in [0.5, 0.6) is 11.5 Å². The van der Waals surface area contributed by atoms with E-state index in [1.54, 1.807) is 7.11 Å². The molecule has 0 unspecified atom stereocenters. The van der Waals surface area contributed by atoms with Crippen LogP contribution in [0.3, 0.4) is 0 Å². The molecular formula is C20H26N2O3. The van der Waals surface area contributed by atoms with Gasteiger partial charge in [-0.05, 0) is 23.3 Å². The summed E-state index contributed by atoms with van der Waals surface area (Å²) >= 11 is 0. The molecule has 2 aromatic carbocycles. The first-order valence-electron chi connectivity index (χ1n) is 8.72. The first-order valence-corrected chi connectivity index (χ1v) is 8.72. The van der Waals surface area contributed by atoms with Crippen molar-refractivity contribution < 1.29 is 14.6 Å². The molecular weight excluding hydrogens is 316 g/mol. The summed E-state index contributed by atoms with van der Waals surface area (Å²) in [5.41, 5.74) is 2.16. The molecule has 0 saturated carbocycles. The third-order valence-electron chi connectivity index (χ3n) is 4.57. The molecule has 5 nitrogen and oxygen atoms in total. The fraction of sp³-hybridized carbons (Fsp3) is 0.400. The number of hydrogen-bond acceptors (Lipinski definition) is 5. The fourth-order valence-electron chi connectivity index (χ4n) is 3.17. The van der Waals surface area contributed by atoms with E-state index in [9.17, 15) is 5.11 Å². The molecule has 1 aliphatic rings. The molecule has 1 fully saturated rings. The van der Waals surface area contributed by atoms with E-state index in [0.29, 0.717) is 18.1 Å². The smallest absolute Gasteiger partial charge is 0.161 e. The molecule has 0 amide bonds. The summed E-state index contributed by atoms with van der Waals surface area (Å²) in [6.45, 7) is 4.32. The van der Waals surface area contributed by atoms with Crippen LogP contribution in [0.4, 0.5) is 0 Å². The maximum absolute atomic E-state index is 9.92. The molecule has 0 bridgehead atoms. The Labute approximate surface area is 149 Å². The van der Waals surface area contributed by atoms with Crippen LogP contribution in [0.1, 0.15) is 17.2 Å². The highest BCUT2D eigenvalue weighted by Crippen LogP contribution is 2.32. The Morgan fingerprint density at radius 3 is 2.52 bits per heavy atom. The molecule has 2 N–H and O–H groups in total. The van der Waals surface area contributed by atoms with Gasteiger partial charge >= 0.3 is 0 Å². The molecule has 3 rings (SSSR count). The highest BCUT2D eigenvalue weighted by atomic mass is 16.5. The van der Waals surface area contributed by atoms with E-state index in [-0.39, 0.29) is 12.6 Å². The first kappa shape index (κ1) is 17.7. The van der Waals surface area contributed by atoms with Crippen LogP contribution in [-0.2, 0) is 6.61 Å². The summed E-state index contributed by atoms with van der Waals surface area (Å²) in [5.74, 6) is 1.41. The summed E-state index contributed by atoms with van der Waals surface area (Å²) in [6, 6.07) is 16.0. The number of aliphatic hydroxyl groups excluding tert-OH is 1. The van der Waals surface area contributed by atoms with Gasteiger partial charge in [0.2, 0.25) is 0 Å². The lowest BCUT2D eigenvalue weighted by atomic mass is 10.0. The van der Waals surface area contributed by atoms with Crippen LogP contribution in [0.15, 0.2) is 48.5 Å². The van der Waals surface area contributed by atoms with Crippen LogP contribution in [0.2, 0.25) is 0 Å². The highest BCUT2D eigenvalue weighted by molar-refractivity contribution is 5.44. The molecule has 1 saturated heterocycles. The van der Waals surface area contributed by atoms with Crippen molar-refractivity contribution >= 4 is 0 Å². The molecule has 0 radical (unpaired) electrons. The summed E-state index contributed by atoms with van der Waals surface area (Å²) in [4.78, 5) is 2.30. The zero-order valence-corrected chi connectivity index (χ0v) is 14.6. The standard InChI is InChI=1S/C20H26N2O3/c1-24-19-8-7-17(18(14-23)22-11-9-21-10-12-22)13-20(19)25-15-16-5-3-2-4-6-16/h2-8,13,18,21,23H,9-12,14-15H2,1H3/t18-/m0/s1. The van der Waals surface area contributed by atoms with Gasteiger partial charge in [-0.3, -0.25) is 4.90 Å². The fourth-order valence-corrected chi connectivity index (χ4v) is 3.17. The van der Waals surface area contributed by atoms with E-state index >= 15 is 0 Å². The average molecular weight is 342 g/mol. The summed E-state index contributed by atoms with van der Waals surface area (Å²) in [7, 11) is 1.64. The third kappa shape index (κ3) is 4.51. The number of nitrogens with zero attached hydrogens (tertiary/aromatic N) is 1. The Morgan fingerprint density at radius 2 is 1.84 bits per heavy atom. The monoisotopic (exact) mass is 342 g/mol. The van der Waals surface area contributed by atoms with Gasteiger partial charge in [-0.25, -0.2) is 0 Å². The number of nitrogens with one attached hydrogen (secondary N) is 1. The van der Waals surface area contributed by atoms with Gasteiger partial charge in [0.15, 0.2) is 11.5 Å². The minimum Gasteiger partial charge on any atom is -0.493 e. The van der Waals surface area contributed by atoms with Crippen LogP contribution in [-0.4, -0.2) is 49.9 Å². The van der Waals surface area contributed by atoms with E-state index in [2.05, 4.69) is 10.2 Å². The molecule has 25 heavy (non-hydrogen) atoms. The largest absolute Gasteiger partial charge is 0.493 e.